The van der Waals surface area contributed by atoms with Crippen LogP contribution in [0.3, 0.4) is 0 Å². The van der Waals surface area contributed by atoms with Crippen LogP contribution < -0.4 is 10.6 Å². The Morgan fingerprint density at radius 2 is 1.54 bits per heavy atom. The summed E-state index contributed by atoms with van der Waals surface area (Å²) in [6.45, 7) is 13.6. The van der Waals surface area contributed by atoms with E-state index < -0.39 is 29.2 Å². The summed E-state index contributed by atoms with van der Waals surface area (Å²) >= 11 is 1.91. The molecular weight excluding hydrogens is 630 g/mol. The van der Waals surface area contributed by atoms with Crippen molar-refractivity contribution in [2.75, 3.05) is 31.2 Å². The van der Waals surface area contributed by atoms with Crippen LogP contribution in [0.1, 0.15) is 64.4 Å². The first-order valence-corrected chi connectivity index (χ1v) is 17.2. The van der Waals surface area contributed by atoms with Crippen molar-refractivity contribution < 1.29 is 28.7 Å². The largest absolute Gasteiger partial charge is 0.444 e. The fourth-order valence-corrected chi connectivity index (χ4v) is 5.60. The number of Topliss-reactive ketones (excluding diaryl/α,β-unsaturated/α-hetero) is 1. The summed E-state index contributed by atoms with van der Waals surface area (Å²) in [5, 5.41) is 5.14. The van der Waals surface area contributed by atoms with Gasteiger partial charge in [-0.05, 0) is 59.6 Å². The number of nitrogens with zero attached hydrogens (tertiary/aromatic N) is 3. The first-order chi connectivity index (χ1) is 22.7. The Morgan fingerprint density at radius 1 is 0.938 bits per heavy atom. The van der Waals surface area contributed by atoms with Crippen molar-refractivity contribution in [3.8, 4) is 0 Å². The van der Waals surface area contributed by atoms with Crippen LogP contribution >= 0.6 is 11.8 Å². The minimum Gasteiger partial charge on any atom is -0.444 e. The molecule has 4 rings (SSSR count). The van der Waals surface area contributed by atoms with Crippen LogP contribution in [0.4, 0.5) is 4.79 Å². The highest BCUT2D eigenvalue weighted by Crippen LogP contribution is 2.23. The molecule has 1 aliphatic rings. The molecule has 260 valence electrons. The first-order valence-electron chi connectivity index (χ1n) is 16.0. The minimum atomic E-state index is -1.25. The van der Waals surface area contributed by atoms with Crippen LogP contribution in [0.15, 0.2) is 73.2 Å². The second-order valence-corrected chi connectivity index (χ2v) is 14.3. The Labute approximate surface area is 288 Å². The molecule has 0 aliphatic carbocycles. The van der Waals surface area contributed by atoms with Gasteiger partial charge in [-0.15, -0.1) is 0 Å². The van der Waals surface area contributed by atoms with Crippen molar-refractivity contribution in [1.29, 1.82) is 0 Å². The summed E-state index contributed by atoms with van der Waals surface area (Å²) in [6, 6.07) is 18.4. The Hall–Kier alpha value is -4.16. The summed E-state index contributed by atoms with van der Waals surface area (Å²) in [5.41, 5.74) is 0.980. The number of amides is 3. The number of benzene rings is 2. The molecule has 1 aliphatic heterocycles. The van der Waals surface area contributed by atoms with Gasteiger partial charge < -0.3 is 29.6 Å². The molecule has 12 heteroatoms. The Balaban J connectivity index is 0.000000267. The van der Waals surface area contributed by atoms with E-state index in [4.69, 9.17) is 9.47 Å². The molecule has 48 heavy (non-hydrogen) atoms. The quantitative estimate of drug-likeness (QED) is 0.292. The van der Waals surface area contributed by atoms with E-state index in [2.05, 4.69) is 15.6 Å². The lowest BCUT2D eigenvalue weighted by molar-refractivity contribution is -0.133. The predicted molar refractivity (Wildman–Crippen MR) is 188 cm³/mol. The van der Waals surface area contributed by atoms with Crippen LogP contribution in [0, 0.1) is 6.92 Å². The highest BCUT2D eigenvalue weighted by Gasteiger charge is 2.34. The van der Waals surface area contributed by atoms with Gasteiger partial charge in [0.2, 0.25) is 11.8 Å². The van der Waals surface area contributed by atoms with Gasteiger partial charge in [-0.3, -0.25) is 14.4 Å². The first kappa shape index (κ1) is 38.3. The van der Waals surface area contributed by atoms with Gasteiger partial charge in [0.1, 0.15) is 23.2 Å². The fraction of sp³-hybridized carbons (Fsp3) is 0.472. The summed E-state index contributed by atoms with van der Waals surface area (Å²) in [4.78, 5) is 55.5. The zero-order valence-electron chi connectivity index (χ0n) is 29.0. The number of carbonyl (C=O) groups excluding carboxylic acids is 4. The smallest absolute Gasteiger partial charge is 0.408 e. The summed E-state index contributed by atoms with van der Waals surface area (Å²) in [7, 11) is 0. The lowest BCUT2D eigenvalue weighted by Gasteiger charge is -2.30. The number of thioether (sulfide) groups is 1. The van der Waals surface area contributed by atoms with E-state index in [1.54, 1.807) is 27.1 Å². The molecule has 0 radical (unpaired) electrons. The van der Waals surface area contributed by atoms with Crippen molar-refractivity contribution >= 4 is 35.5 Å². The highest BCUT2D eigenvalue weighted by atomic mass is 32.2. The van der Waals surface area contributed by atoms with Crippen molar-refractivity contribution in [3.63, 3.8) is 0 Å². The molecule has 3 aromatic rings. The Kier molecular flexibility index (Phi) is 14.2. The van der Waals surface area contributed by atoms with E-state index in [0.29, 0.717) is 6.61 Å². The average Bonchev–Trinajstić information content (AvgIpc) is 3.46. The lowest BCUT2D eigenvalue weighted by Crippen LogP contribution is -2.58. The van der Waals surface area contributed by atoms with Gasteiger partial charge in [-0.2, -0.15) is 11.8 Å². The molecule has 2 atom stereocenters. The normalized spacial score (nSPS) is 14.5. The van der Waals surface area contributed by atoms with Crippen LogP contribution in [-0.4, -0.2) is 86.5 Å². The number of hydrogen-bond acceptors (Lipinski definition) is 8. The molecular formula is C36H49N5O6S. The minimum absolute atomic E-state index is 0.0402. The van der Waals surface area contributed by atoms with Crippen molar-refractivity contribution in [1.82, 2.24) is 25.1 Å². The van der Waals surface area contributed by atoms with E-state index in [0.717, 1.165) is 41.4 Å². The standard InChI is InChI=1S/C20H30N2O5.C16H19N3OS/c1-14(23)16(13-26-12-15-10-8-7-9-11-15)21-17(24)20(5,6)22-18(25)27-19(2,3)4;1-13-11-19(12-17-13)15(14-5-3-2-4-6-14)16(20)18-7-9-21-10-8-18/h7-11,16H,12-13H2,1-6H3,(H,21,24)(H,22,25);2-6,11-12,15H,7-10H2,1H3. The highest BCUT2D eigenvalue weighted by molar-refractivity contribution is 7.99. The van der Waals surface area contributed by atoms with Gasteiger partial charge in [-0.25, -0.2) is 9.78 Å². The number of alkyl carbamates (subject to hydrolysis) is 1. The third-order valence-electron chi connectivity index (χ3n) is 7.27. The van der Waals surface area contributed by atoms with Crippen molar-refractivity contribution in [3.05, 3.63) is 90.0 Å². The van der Waals surface area contributed by atoms with Gasteiger partial charge in [0.25, 0.3) is 0 Å². The molecule has 11 nitrogen and oxygen atoms in total. The molecule has 3 amide bonds. The predicted octanol–water partition coefficient (Wildman–Crippen LogP) is 4.94. The molecule has 0 saturated carbocycles. The van der Waals surface area contributed by atoms with E-state index in [9.17, 15) is 19.2 Å². The molecule has 2 heterocycles. The maximum absolute atomic E-state index is 13.0. The Morgan fingerprint density at radius 3 is 2.08 bits per heavy atom. The third-order valence-corrected chi connectivity index (χ3v) is 8.22. The van der Waals surface area contributed by atoms with Gasteiger partial charge in [0, 0.05) is 30.8 Å². The summed E-state index contributed by atoms with van der Waals surface area (Å²) in [6.07, 6.45) is 2.99. The van der Waals surface area contributed by atoms with Gasteiger partial charge >= 0.3 is 6.09 Å². The fourth-order valence-electron chi connectivity index (χ4n) is 4.70. The third kappa shape index (κ3) is 12.5. The van der Waals surface area contributed by atoms with E-state index in [-0.39, 0.29) is 24.3 Å². The molecule has 2 N–H and O–H groups in total. The molecule has 1 fully saturated rings. The van der Waals surface area contributed by atoms with Gasteiger partial charge in [0.05, 0.1) is 25.2 Å². The molecule has 0 spiro atoms. The van der Waals surface area contributed by atoms with Crippen molar-refractivity contribution in [2.24, 2.45) is 0 Å². The second-order valence-electron chi connectivity index (χ2n) is 13.1. The van der Waals surface area contributed by atoms with Gasteiger partial charge in [-0.1, -0.05) is 60.7 Å². The number of ketones is 1. The number of hydrogen-bond donors (Lipinski definition) is 2. The lowest BCUT2D eigenvalue weighted by atomic mass is 10.0. The molecule has 1 aromatic heterocycles. The van der Waals surface area contributed by atoms with Crippen LogP contribution in [-0.2, 0) is 30.5 Å². The number of aryl methyl sites for hydroxylation is 1. The van der Waals surface area contributed by atoms with Crippen LogP contribution in [0.2, 0.25) is 0 Å². The second kappa shape index (κ2) is 17.8. The van der Waals surface area contributed by atoms with E-state index in [1.165, 1.54) is 20.8 Å². The number of carbonyl (C=O) groups is 4. The monoisotopic (exact) mass is 679 g/mol. The summed E-state index contributed by atoms with van der Waals surface area (Å²) < 4.78 is 12.6. The summed E-state index contributed by atoms with van der Waals surface area (Å²) in [5.74, 6) is 1.48. The molecule has 2 aromatic carbocycles. The van der Waals surface area contributed by atoms with Crippen LogP contribution in [0.25, 0.3) is 0 Å². The molecule has 2 unspecified atom stereocenters. The number of rotatable bonds is 11. The molecule has 0 bridgehead atoms. The van der Waals surface area contributed by atoms with E-state index >= 15 is 0 Å². The zero-order valence-corrected chi connectivity index (χ0v) is 29.8. The number of ether oxygens (including phenoxy) is 2. The number of imidazole rings is 1. The maximum Gasteiger partial charge on any atom is 0.408 e. The Bertz CT molecular complexity index is 1480. The van der Waals surface area contributed by atoms with Crippen molar-refractivity contribution in [2.45, 2.75) is 78.3 Å². The average molecular weight is 680 g/mol. The maximum atomic E-state index is 13.0. The molecule has 1 saturated heterocycles. The number of nitrogens with one attached hydrogen (secondary N) is 2. The SMILES string of the molecule is CC(=O)C(COCc1ccccc1)NC(=O)C(C)(C)NC(=O)OC(C)(C)C.Cc1cn(C(C(=O)N2CCSCC2)c2ccccc2)cn1. The van der Waals surface area contributed by atoms with Crippen LogP contribution in [0.5, 0.6) is 0 Å². The topological polar surface area (TPSA) is 132 Å². The van der Waals surface area contributed by atoms with Gasteiger partial charge in [0.15, 0.2) is 5.78 Å². The number of aromatic nitrogens is 2. The zero-order chi connectivity index (χ0) is 35.3. The van der Waals surface area contributed by atoms with E-state index in [1.807, 2.05) is 95.0 Å².